The van der Waals surface area contributed by atoms with Gasteiger partial charge in [-0.25, -0.2) is 0 Å². The lowest BCUT2D eigenvalue weighted by Crippen LogP contribution is -2.39. The van der Waals surface area contributed by atoms with Crippen molar-refractivity contribution >= 4 is 5.69 Å². The maximum atomic E-state index is 9.23. The number of hydrogen-bond donors (Lipinski definition) is 0. The molecule has 19 heavy (non-hydrogen) atoms. The quantitative estimate of drug-likeness (QED) is 0.817. The van der Waals surface area contributed by atoms with Crippen molar-refractivity contribution in [2.75, 3.05) is 33.3 Å². The van der Waals surface area contributed by atoms with Gasteiger partial charge in [0.05, 0.1) is 33.1 Å². The van der Waals surface area contributed by atoms with Crippen LogP contribution in [0.2, 0.25) is 0 Å². The molecule has 1 aromatic rings. The summed E-state index contributed by atoms with van der Waals surface area (Å²) in [7, 11) is 6.56. The SMILES string of the molecule is COc1cc(OC)c(N(C)C(C)(C)C#N)cc1OC. The molecule has 0 amide bonds. The molecule has 0 aromatic heterocycles. The number of benzene rings is 1. The van der Waals surface area contributed by atoms with E-state index in [1.165, 1.54) is 0 Å². The maximum Gasteiger partial charge on any atom is 0.164 e. The molecule has 0 unspecified atom stereocenters. The Hall–Kier alpha value is -2.09. The van der Waals surface area contributed by atoms with Crippen LogP contribution in [-0.2, 0) is 0 Å². The van der Waals surface area contributed by atoms with E-state index in [1.807, 2.05) is 25.8 Å². The molecular formula is C14H20N2O3. The first-order chi connectivity index (χ1) is 8.91. The molecule has 0 spiro atoms. The van der Waals surface area contributed by atoms with E-state index in [4.69, 9.17) is 14.2 Å². The average molecular weight is 264 g/mol. The Bertz CT molecular complexity index is 492. The number of nitrogens with zero attached hydrogens (tertiary/aromatic N) is 2. The molecule has 0 fully saturated rings. The highest BCUT2D eigenvalue weighted by Gasteiger charge is 2.26. The second-order valence-electron chi connectivity index (χ2n) is 4.61. The first kappa shape index (κ1) is 15.0. The smallest absolute Gasteiger partial charge is 0.164 e. The molecule has 0 N–H and O–H groups in total. The maximum absolute atomic E-state index is 9.23. The Morgan fingerprint density at radius 1 is 1.00 bits per heavy atom. The zero-order valence-corrected chi connectivity index (χ0v) is 12.3. The Kier molecular flexibility index (Phi) is 4.49. The summed E-state index contributed by atoms with van der Waals surface area (Å²) in [5.41, 5.74) is 0.110. The van der Waals surface area contributed by atoms with Crippen LogP contribution in [0.1, 0.15) is 13.8 Å². The van der Waals surface area contributed by atoms with Gasteiger partial charge in [-0.1, -0.05) is 0 Å². The number of anilines is 1. The van der Waals surface area contributed by atoms with E-state index >= 15 is 0 Å². The van der Waals surface area contributed by atoms with Gasteiger partial charge in [0.2, 0.25) is 0 Å². The molecule has 1 aromatic carbocycles. The van der Waals surface area contributed by atoms with Crippen molar-refractivity contribution < 1.29 is 14.2 Å². The predicted molar refractivity (Wildman–Crippen MR) is 74.2 cm³/mol. The third kappa shape index (κ3) is 2.84. The second kappa shape index (κ2) is 5.70. The van der Waals surface area contributed by atoms with E-state index in [1.54, 1.807) is 33.5 Å². The summed E-state index contributed by atoms with van der Waals surface area (Å²) < 4.78 is 15.9. The number of methoxy groups -OCH3 is 3. The molecule has 0 atom stereocenters. The zero-order valence-electron chi connectivity index (χ0n) is 12.3. The molecule has 0 aliphatic rings. The third-order valence-corrected chi connectivity index (χ3v) is 3.16. The van der Waals surface area contributed by atoms with Crippen LogP contribution < -0.4 is 19.1 Å². The van der Waals surface area contributed by atoms with Gasteiger partial charge in [-0.15, -0.1) is 0 Å². The Labute approximate surface area is 114 Å². The molecule has 104 valence electrons. The van der Waals surface area contributed by atoms with Crippen molar-refractivity contribution in [3.63, 3.8) is 0 Å². The van der Waals surface area contributed by atoms with Crippen LogP contribution >= 0.6 is 0 Å². The van der Waals surface area contributed by atoms with Gasteiger partial charge in [0.1, 0.15) is 11.3 Å². The first-order valence-corrected chi connectivity index (χ1v) is 5.86. The molecule has 0 heterocycles. The summed E-state index contributed by atoms with van der Waals surface area (Å²) in [6.45, 7) is 3.67. The summed E-state index contributed by atoms with van der Waals surface area (Å²) in [6.07, 6.45) is 0. The molecule has 0 saturated heterocycles. The molecule has 5 nitrogen and oxygen atoms in total. The second-order valence-corrected chi connectivity index (χ2v) is 4.61. The zero-order chi connectivity index (χ0) is 14.6. The molecule has 0 aliphatic carbocycles. The topological polar surface area (TPSA) is 54.7 Å². The highest BCUT2D eigenvalue weighted by Crippen LogP contribution is 2.41. The average Bonchev–Trinajstić information content (AvgIpc) is 2.44. The minimum absolute atomic E-state index is 0.589. The Morgan fingerprint density at radius 3 is 1.89 bits per heavy atom. The predicted octanol–water partition coefficient (Wildman–Crippen LogP) is 2.45. The van der Waals surface area contributed by atoms with E-state index in [9.17, 15) is 5.26 Å². The van der Waals surface area contributed by atoms with E-state index in [0.29, 0.717) is 17.2 Å². The highest BCUT2D eigenvalue weighted by molar-refractivity contribution is 5.67. The van der Waals surface area contributed by atoms with Gasteiger partial charge in [-0.05, 0) is 13.8 Å². The summed E-state index contributed by atoms with van der Waals surface area (Å²) in [5, 5.41) is 9.23. The van der Waals surface area contributed by atoms with Crippen LogP contribution in [0.5, 0.6) is 17.2 Å². The number of ether oxygens (including phenoxy) is 3. The number of rotatable bonds is 5. The minimum Gasteiger partial charge on any atom is -0.494 e. The van der Waals surface area contributed by atoms with Crippen molar-refractivity contribution in [1.29, 1.82) is 5.26 Å². The number of hydrogen-bond acceptors (Lipinski definition) is 5. The van der Waals surface area contributed by atoms with Gasteiger partial charge in [0.15, 0.2) is 11.5 Å². The first-order valence-electron chi connectivity index (χ1n) is 5.86. The monoisotopic (exact) mass is 264 g/mol. The fourth-order valence-electron chi connectivity index (χ4n) is 1.65. The fraction of sp³-hybridized carbons (Fsp3) is 0.500. The molecule has 0 aliphatic heterocycles. The summed E-state index contributed by atoms with van der Waals surface area (Å²) >= 11 is 0. The Morgan fingerprint density at radius 2 is 1.47 bits per heavy atom. The number of nitriles is 1. The van der Waals surface area contributed by atoms with Crippen LogP contribution in [0.15, 0.2) is 12.1 Å². The molecular weight excluding hydrogens is 244 g/mol. The largest absolute Gasteiger partial charge is 0.494 e. The lowest BCUT2D eigenvalue weighted by Gasteiger charge is -2.32. The summed E-state index contributed by atoms with van der Waals surface area (Å²) in [5.74, 6) is 1.81. The third-order valence-electron chi connectivity index (χ3n) is 3.16. The van der Waals surface area contributed by atoms with Crippen LogP contribution in [0.4, 0.5) is 5.69 Å². The standard InChI is InChI=1S/C14H20N2O3/c1-14(2,9-15)16(3)10-7-12(18-5)13(19-6)8-11(10)17-4/h7-8H,1-6H3. The minimum atomic E-state index is -0.660. The molecule has 0 bridgehead atoms. The molecule has 1 rings (SSSR count). The Balaban J connectivity index is 3.38. The van der Waals surface area contributed by atoms with Crippen molar-refractivity contribution in [2.45, 2.75) is 19.4 Å². The van der Waals surface area contributed by atoms with E-state index in [0.717, 1.165) is 5.69 Å². The lowest BCUT2D eigenvalue weighted by atomic mass is 10.0. The highest BCUT2D eigenvalue weighted by atomic mass is 16.5. The van der Waals surface area contributed by atoms with Crippen molar-refractivity contribution in [1.82, 2.24) is 0 Å². The fourth-order valence-corrected chi connectivity index (χ4v) is 1.65. The van der Waals surface area contributed by atoms with Crippen LogP contribution in [0.3, 0.4) is 0 Å². The van der Waals surface area contributed by atoms with Crippen LogP contribution in [0.25, 0.3) is 0 Å². The van der Waals surface area contributed by atoms with Crippen LogP contribution in [0, 0.1) is 11.3 Å². The van der Waals surface area contributed by atoms with Gasteiger partial charge in [-0.2, -0.15) is 5.26 Å². The van der Waals surface area contributed by atoms with Gasteiger partial charge in [0.25, 0.3) is 0 Å². The molecule has 5 heteroatoms. The summed E-state index contributed by atoms with van der Waals surface area (Å²) in [6, 6.07) is 5.81. The van der Waals surface area contributed by atoms with E-state index < -0.39 is 5.54 Å². The van der Waals surface area contributed by atoms with Gasteiger partial charge in [0, 0.05) is 19.2 Å². The van der Waals surface area contributed by atoms with E-state index in [-0.39, 0.29) is 0 Å². The summed E-state index contributed by atoms with van der Waals surface area (Å²) in [4.78, 5) is 1.84. The van der Waals surface area contributed by atoms with Gasteiger partial charge >= 0.3 is 0 Å². The van der Waals surface area contributed by atoms with Gasteiger partial charge in [-0.3, -0.25) is 0 Å². The van der Waals surface area contributed by atoms with Crippen LogP contribution in [-0.4, -0.2) is 33.9 Å². The molecule has 0 radical (unpaired) electrons. The van der Waals surface area contributed by atoms with E-state index in [2.05, 4.69) is 6.07 Å². The van der Waals surface area contributed by atoms with Gasteiger partial charge < -0.3 is 19.1 Å². The van der Waals surface area contributed by atoms with Crippen molar-refractivity contribution in [2.24, 2.45) is 0 Å². The van der Waals surface area contributed by atoms with Crippen molar-refractivity contribution in [3.05, 3.63) is 12.1 Å². The lowest BCUT2D eigenvalue weighted by molar-refractivity contribution is 0.348. The normalized spacial score (nSPS) is 10.6. The molecule has 0 saturated carbocycles. The van der Waals surface area contributed by atoms with Crippen molar-refractivity contribution in [3.8, 4) is 23.3 Å².